The molecule has 72 valence electrons. The van der Waals surface area contributed by atoms with Crippen LogP contribution in [-0.2, 0) is 5.88 Å². The lowest BCUT2D eigenvalue weighted by Crippen LogP contribution is -1.90. The van der Waals surface area contributed by atoms with Crippen molar-refractivity contribution in [3.05, 3.63) is 36.0 Å². The summed E-state index contributed by atoms with van der Waals surface area (Å²) in [5.74, 6) is 1.28. The Labute approximate surface area is 87.5 Å². The van der Waals surface area contributed by atoms with Crippen LogP contribution in [0.1, 0.15) is 5.56 Å². The summed E-state index contributed by atoms with van der Waals surface area (Å²) in [5, 5.41) is 1.06. The standard InChI is InChI=1S/C11H10ClNO/c1-14-10-5-4-8(7-12)9-3-2-6-13-11(9)10/h2-6H,7H2,1H3. The Balaban J connectivity index is 2.78. The molecule has 0 saturated heterocycles. The fourth-order valence-corrected chi connectivity index (χ4v) is 1.72. The Hall–Kier alpha value is -1.28. The molecule has 1 heterocycles. The van der Waals surface area contributed by atoms with Crippen molar-refractivity contribution in [2.45, 2.75) is 5.88 Å². The van der Waals surface area contributed by atoms with Gasteiger partial charge in [-0.05, 0) is 17.7 Å². The number of alkyl halides is 1. The third kappa shape index (κ3) is 1.42. The summed E-state index contributed by atoms with van der Waals surface area (Å²) in [7, 11) is 1.64. The monoisotopic (exact) mass is 207 g/mol. The molecule has 0 unspecified atom stereocenters. The van der Waals surface area contributed by atoms with Crippen LogP contribution in [0.4, 0.5) is 0 Å². The van der Waals surface area contributed by atoms with Crippen molar-refractivity contribution in [2.24, 2.45) is 0 Å². The molecule has 2 nitrogen and oxygen atoms in total. The quantitative estimate of drug-likeness (QED) is 0.707. The summed E-state index contributed by atoms with van der Waals surface area (Å²) >= 11 is 5.83. The Morgan fingerprint density at radius 3 is 2.93 bits per heavy atom. The zero-order chi connectivity index (χ0) is 9.97. The average molecular weight is 208 g/mol. The van der Waals surface area contributed by atoms with Crippen LogP contribution in [0.25, 0.3) is 10.9 Å². The van der Waals surface area contributed by atoms with Gasteiger partial charge in [-0.1, -0.05) is 12.1 Å². The van der Waals surface area contributed by atoms with Crippen molar-refractivity contribution in [2.75, 3.05) is 7.11 Å². The maximum atomic E-state index is 5.83. The molecule has 0 amide bonds. The highest BCUT2D eigenvalue weighted by Gasteiger charge is 2.05. The molecule has 0 N–H and O–H groups in total. The maximum absolute atomic E-state index is 5.83. The second-order valence-electron chi connectivity index (χ2n) is 2.96. The second kappa shape index (κ2) is 3.84. The molecule has 0 bridgehead atoms. The molecule has 0 atom stereocenters. The van der Waals surface area contributed by atoms with E-state index < -0.39 is 0 Å². The van der Waals surface area contributed by atoms with Crippen LogP contribution in [0, 0.1) is 0 Å². The topological polar surface area (TPSA) is 22.1 Å². The fraction of sp³-hybridized carbons (Fsp3) is 0.182. The molecule has 0 aliphatic heterocycles. The summed E-state index contributed by atoms with van der Waals surface area (Å²) in [6, 6.07) is 7.77. The second-order valence-corrected chi connectivity index (χ2v) is 3.23. The number of halogens is 1. The third-order valence-electron chi connectivity index (χ3n) is 2.19. The van der Waals surface area contributed by atoms with E-state index in [4.69, 9.17) is 16.3 Å². The number of hydrogen-bond acceptors (Lipinski definition) is 2. The number of methoxy groups -OCH3 is 1. The minimum absolute atomic E-state index is 0.492. The zero-order valence-corrected chi connectivity index (χ0v) is 8.58. The van der Waals surface area contributed by atoms with Gasteiger partial charge in [-0.25, -0.2) is 0 Å². The van der Waals surface area contributed by atoms with Crippen LogP contribution in [0.3, 0.4) is 0 Å². The Morgan fingerprint density at radius 2 is 2.21 bits per heavy atom. The van der Waals surface area contributed by atoms with Crippen molar-refractivity contribution in [1.82, 2.24) is 4.98 Å². The first-order valence-electron chi connectivity index (χ1n) is 4.33. The SMILES string of the molecule is COc1ccc(CCl)c2cccnc12. The summed E-state index contributed by atoms with van der Waals surface area (Å²) in [6.45, 7) is 0. The van der Waals surface area contributed by atoms with E-state index >= 15 is 0 Å². The number of aromatic nitrogens is 1. The number of fused-ring (bicyclic) bond motifs is 1. The highest BCUT2D eigenvalue weighted by Crippen LogP contribution is 2.26. The lowest BCUT2D eigenvalue weighted by Gasteiger charge is -2.06. The van der Waals surface area contributed by atoms with Gasteiger partial charge in [0.25, 0.3) is 0 Å². The molecule has 14 heavy (non-hydrogen) atoms. The summed E-state index contributed by atoms with van der Waals surface area (Å²) in [5.41, 5.74) is 1.95. The van der Waals surface area contributed by atoms with Gasteiger partial charge in [-0.3, -0.25) is 4.98 Å². The molecular weight excluding hydrogens is 198 g/mol. The van der Waals surface area contributed by atoms with Gasteiger partial charge < -0.3 is 4.74 Å². The van der Waals surface area contributed by atoms with E-state index in [2.05, 4.69) is 4.98 Å². The van der Waals surface area contributed by atoms with E-state index in [9.17, 15) is 0 Å². The van der Waals surface area contributed by atoms with Crippen LogP contribution in [-0.4, -0.2) is 12.1 Å². The Bertz CT molecular complexity index is 413. The van der Waals surface area contributed by atoms with Crippen molar-refractivity contribution >= 4 is 22.5 Å². The van der Waals surface area contributed by atoms with Crippen molar-refractivity contribution < 1.29 is 4.74 Å². The van der Waals surface area contributed by atoms with Crippen molar-refractivity contribution in [1.29, 1.82) is 0 Å². The van der Waals surface area contributed by atoms with Gasteiger partial charge in [-0.2, -0.15) is 0 Å². The number of nitrogens with zero attached hydrogens (tertiary/aromatic N) is 1. The predicted molar refractivity (Wildman–Crippen MR) is 57.9 cm³/mol. The zero-order valence-electron chi connectivity index (χ0n) is 7.83. The van der Waals surface area contributed by atoms with Crippen molar-refractivity contribution in [3.63, 3.8) is 0 Å². The van der Waals surface area contributed by atoms with Gasteiger partial charge in [0.05, 0.1) is 7.11 Å². The van der Waals surface area contributed by atoms with Gasteiger partial charge in [0, 0.05) is 17.5 Å². The number of ether oxygens (including phenoxy) is 1. The van der Waals surface area contributed by atoms with Gasteiger partial charge in [0.1, 0.15) is 11.3 Å². The van der Waals surface area contributed by atoms with Crippen LogP contribution in [0.2, 0.25) is 0 Å². The highest BCUT2D eigenvalue weighted by molar-refractivity contribution is 6.18. The van der Waals surface area contributed by atoms with Crippen LogP contribution in [0.15, 0.2) is 30.5 Å². The molecule has 2 aromatic rings. The minimum atomic E-state index is 0.492. The van der Waals surface area contributed by atoms with Gasteiger partial charge >= 0.3 is 0 Å². The molecule has 1 aromatic heterocycles. The smallest absolute Gasteiger partial charge is 0.145 e. The van der Waals surface area contributed by atoms with E-state index in [0.29, 0.717) is 5.88 Å². The Morgan fingerprint density at radius 1 is 1.36 bits per heavy atom. The largest absolute Gasteiger partial charge is 0.494 e. The van der Waals surface area contributed by atoms with Crippen molar-refractivity contribution in [3.8, 4) is 5.75 Å². The maximum Gasteiger partial charge on any atom is 0.145 e. The molecule has 0 saturated carbocycles. The fourth-order valence-electron chi connectivity index (χ4n) is 1.49. The molecule has 0 aliphatic rings. The first-order chi connectivity index (χ1) is 6.86. The molecular formula is C11H10ClNO. The van der Waals surface area contributed by atoms with E-state index in [0.717, 1.165) is 22.2 Å². The molecule has 0 radical (unpaired) electrons. The number of pyridine rings is 1. The van der Waals surface area contributed by atoms with Gasteiger partial charge in [-0.15, -0.1) is 11.6 Å². The van der Waals surface area contributed by atoms with E-state index in [1.54, 1.807) is 13.3 Å². The first-order valence-corrected chi connectivity index (χ1v) is 4.87. The molecule has 1 aromatic carbocycles. The third-order valence-corrected chi connectivity index (χ3v) is 2.47. The molecule has 0 aliphatic carbocycles. The van der Waals surface area contributed by atoms with E-state index in [-0.39, 0.29) is 0 Å². The van der Waals surface area contributed by atoms with Crippen LogP contribution >= 0.6 is 11.6 Å². The lowest BCUT2D eigenvalue weighted by atomic mass is 10.1. The summed E-state index contributed by atoms with van der Waals surface area (Å²) < 4.78 is 5.22. The van der Waals surface area contributed by atoms with Crippen LogP contribution in [0.5, 0.6) is 5.75 Å². The molecule has 0 fully saturated rings. The van der Waals surface area contributed by atoms with Gasteiger partial charge in [0.2, 0.25) is 0 Å². The van der Waals surface area contributed by atoms with E-state index in [1.807, 2.05) is 24.3 Å². The first kappa shape index (κ1) is 9.28. The molecule has 3 heteroatoms. The number of hydrogen-bond donors (Lipinski definition) is 0. The number of benzene rings is 1. The lowest BCUT2D eigenvalue weighted by molar-refractivity contribution is 0.419. The average Bonchev–Trinajstić information content (AvgIpc) is 2.27. The Kier molecular flexibility index (Phi) is 2.55. The molecule has 0 spiro atoms. The highest BCUT2D eigenvalue weighted by atomic mass is 35.5. The normalized spacial score (nSPS) is 10.4. The van der Waals surface area contributed by atoms with E-state index in [1.165, 1.54) is 0 Å². The minimum Gasteiger partial charge on any atom is -0.494 e. The van der Waals surface area contributed by atoms with Gasteiger partial charge in [0.15, 0.2) is 0 Å². The summed E-state index contributed by atoms with van der Waals surface area (Å²) in [6.07, 6.45) is 1.75. The van der Waals surface area contributed by atoms with Crippen LogP contribution < -0.4 is 4.74 Å². The predicted octanol–water partition coefficient (Wildman–Crippen LogP) is 2.98. The molecule has 2 rings (SSSR count). The number of rotatable bonds is 2. The summed E-state index contributed by atoms with van der Waals surface area (Å²) in [4.78, 5) is 4.28.